The van der Waals surface area contributed by atoms with Crippen molar-refractivity contribution in [1.82, 2.24) is 10.4 Å². The summed E-state index contributed by atoms with van der Waals surface area (Å²) in [6.07, 6.45) is -1.50. The van der Waals surface area contributed by atoms with Gasteiger partial charge in [0.05, 0.1) is 36.7 Å². The molecule has 3 rings (SSSR count). The highest BCUT2D eigenvalue weighted by atomic mass is 127. The minimum atomic E-state index is -1.37. The van der Waals surface area contributed by atoms with Gasteiger partial charge >= 0.3 is 6.09 Å². The maximum absolute atomic E-state index is 14.8. The van der Waals surface area contributed by atoms with Gasteiger partial charge in [0, 0.05) is 10.6 Å². The normalized spacial score (nSPS) is 12.0. The van der Waals surface area contributed by atoms with Crippen LogP contribution in [-0.2, 0) is 20.9 Å². The highest BCUT2D eigenvalue weighted by Gasteiger charge is 2.25. The van der Waals surface area contributed by atoms with E-state index in [4.69, 9.17) is 14.3 Å². The third kappa shape index (κ3) is 9.90. The molecular formula is C29H31F3IN3O5. The first-order chi connectivity index (χ1) is 19.3. The fourth-order valence-corrected chi connectivity index (χ4v) is 3.96. The lowest BCUT2D eigenvalue weighted by molar-refractivity contribution is -0.0708. The highest BCUT2D eigenvalue weighted by Crippen LogP contribution is 2.28. The summed E-state index contributed by atoms with van der Waals surface area (Å²) in [4.78, 5) is 32.4. The first-order valence-corrected chi connectivity index (χ1v) is 13.6. The van der Waals surface area contributed by atoms with Gasteiger partial charge in [-0.2, -0.15) is 0 Å². The Bertz CT molecular complexity index is 1360. The molecule has 220 valence electrons. The van der Waals surface area contributed by atoms with Crippen molar-refractivity contribution < 1.29 is 37.1 Å². The Hall–Kier alpha value is -3.36. The van der Waals surface area contributed by atoms with E-state index in [9.17, 15) is 22.8 Å². The van der Waals surface area contributed by atoms with Gasteiger partial charge in [-0.3, -0.25) is 9.63 Å². The zero-order chi connectivity index (χ0) is 30.2. The Morgan fingerprint density at radius 2 is 1.71 bits per heavy atom. The Morgan fingerprint density at radius 3 is 2.37 bits per heavy atom. The average molecular weight is 685 g/mol. The van der Waals surface area contributed by atoms with Crippen LogP contribution in [0.5, 0.6) is 0 Å². The minimum absolute atomic E-state index is 0.0409. The molecule has 0 saturated heterocycles. The van der Waals surface area contributed by atoms with E-state index >= 15 is 0 Å². The van der Waals surface area contributed by atoms with E-state index in [0.717, 1.165) is 17.7 Å². The SMILES string of the molecule is CN(C[C@@H](COCc1ccccc1)ONC(=O)c1ccc(F)c(F)c1Nc1ccc(I)cc1F)C(=O)OC(C)(C)C. The largest absolute Gasteiger partial charge is 0.444 e. The van der Waals surface area contributed by atoms with Gasteiger partial charge in [0.2, 0.25) is 0 Å². The van der Waals surface area contributed by atoms with Crippen LogP contribution < -0.4 is 10.8 Å². The summed E-state index contributed by atoms with van der Waals surface area (Å²) in [5.74, 6) is -4.26. The smallest absolute Gasteiger partial charge is 0.410 e. The van der Waals surface area contributed by atoms with Gasteiger partial charge in [0.25, 0.3) is 5.91 Å². The molecular weight excluding hydrogens is 654 g/mol. The molecule has 0 radical (unpaired) electrons. The summed E-state index contributed by atoms with van der Waals surface area (Å²) in [5, 5.41) is 2.46. The van der Waals surface area contributed by atoms with Crippen molar-refractivity contribution in [2.75, 3.05) is 25.5 Å². The minimum Gasteiger partial charge on any atom is -0.444 e. The molecule has 0 aromatic heterocycles. The standard InChI is InChI=1S/C29H31F3IN3O5/c1-29(2,3)40-28(38)36(4)15-20(17-39-16-18-8-6-5-7-9-18)41-35-27(37)21-11-12-22(30)25(32)26(21)34-24-13-10-19(33)14-23(24)31/h5-14,20,34H,15-17H2,1-4H3,(H,35,37)/t20-/m0/s1. The van der Waals surface area contributed by atoms with E-state index in [1.165, 1.54) is 24.1 Å². The van der Waals surface area contributed by atoms with E-state index in [0.29, 0.717) is 3.57 Å². The molecule has 1 atom stereocenters. The summed E-state index contributed by atoms with van der Waals surface area (Å²) in [7, 11) is 1.50. The first-order valence-electron chi connectivity index (χ1n) is 12.6. The van der Waals surface area contributed by atoms with Crippen LogP contribution >= 0.6 is 22.6 Å². The molecule has 0 aliphatic rings. The van der Waals surface area contributed by atoms with E-state index in [-0.39, 0.29) is 31.0 Å². The summed E-state index contributed by atoms with van der Waals surface area (Å²) in [6, 6.07) is 15.3. The number of hydroxylamine groups is 1. The number of rotatable bonds is 11. The Kier molecular flexibility index (Phi) is 11.4. The van der Waals surface area contributed by atoms with Crippen molar-refractivity contribution in [1.29, 1.82) is 0 Å². The maximum Gasteiger partial charge on any atom is 0.410 e. The van der Waals surface area contributed by atoms with E-state index in [1.807, 2.05) is 52.9 Å². The monoisotopic (exact) mass is 685 g/mol. The number of hydrogen-bond acceptors (Lipinski definition) is 6. The fraction of sp³-hybridized carbons (Fsp3) is 0.310. The van der Waals surface area contributed by atoms with Crippen LogP contribution in [0.3, 0.4) is 0 Å². The fourth-order valence-electron chi connectivity index (χ4n) is 3.51. The van der Waals surface area contributed by atoms with Crippen LogP contribution in [0.25, 0.3) is 0 Å². The number of ether oxygens (including phenoxy) is 2. The van der Waals surface area contributed by atoms with E-state index in [2.05, 4.69) is 10.8 Å². The number of benzene rings is 3. The lowest BCUT2D eigenvalue weighted by Gasteiger charge is -2.27. The quantitative estimate of drug-likeness (QED) is 0.176. The second kappa shape index (κ2) is 14.5. The Labute approximate surface area is 250 Å². The van der Waals surface area contributed by atoms with Crippen LogP contribution in [0.1, 0.15) is 36.7 Å². The van der Waals surface area contributed by atoms with Crippen molar-refractivity contribution in [3.63, 3.8) is 0 Å². The van der Waals surface area contributed by atoms with Crippen molar-refractivity contribution in [3.05, 3.63) is 92.8 Å². The molecule has 3 aromatic rings. The van der Waals surface area contributed by atoms with Crippen molar-refractivity contribution in [2.45, 2.75) is 39.1 Å². The summed E-state index contributed by atoms with van der Waals surface area (Å²) < 4.78 is 55.0. The number of nitrogens with zero attached hydrogens (tertiary/aromatic N) is 1. The summed E-state index contributed by atoms with van der Waals surface area (Å²) in [6.45, 7) is 5.34. The van der Waals surface area contributed by atoms with Gasteiger partial charge in [-0.15, -0.1) is 0 Å². The van der Waals surface area contributed by atoms with E-state index < -0.39 is 46.8 Å². The zero-order valence-electron chi connectivity index (χ0n) is 23.0. The van der Waals surface area contributed by atoms with Crippen LogP contribution in [0, 0.1) is 21.0 Å². The molecule has 0 bridgehead atoms. The van der Waals surface area contributed by atoms with Crippen LogP contribution in [-0.4, -0.2) is 48.8 Å². The molecule has 41 heavy (non-hydrogen) atoms. The molecule has 2 amide bonds. The highest BCUT2D eigenvalue weighted by molar-refractivity contribution is 14.1. The predicted molar refractivity (Wildman–Crippen MR) is 156 cm³/mol. The zero-order valence-corrected chi connectivity index (χ0v) is 25.1. The number of likely N-dealkylation sites (N-methyl/N-ethyl adjacent to an activating group) is 1. The van der Waals surface area contributed by atoms with Gasteiger partial charge in [-0.1, -0.05) is 30.3 Å². The molecule has 0 spiro atoms. The molecule has 0 fully saturated rings. The molecule has 0 aliphatic carbocycles. The second-order valence-corrected chi connectivity index (χ2v) is 11.3. The molecule has 0 aliphatic heterocycles. The lowest BCUT2D eigenvalue weighted by Crippen LogP contribution is -2.43. The number of amides is 2. The Morgan fingerprint density at radius 1 is 1.00 bits per heavy atom. The van der Waals surface area contributed by atoms with Gasteiger partial charge in [0.15, 0.2) is 11.6 Å². The molecule has 0 saturated carbocycles. The van der Waals surface area contributed by atoms with Gasteiger partial charge in [-0.25, -0.2) is 23.4 Å². The van der Waals surface area contributed by atoms with Gasteiger partial charge in [-0.05, 0) is 79.3 Å². The van der Waals surface area contributed by atoms with Crippen LogP contribution in [0.4, 0.5) is 29.3 Å². The number of hydrogen-bond donors (Lipinski definition) is 2. The number of halogens is 4. The lowest BCUT2D eigenvalue weighted by atomic mass is 10.1. The maximum atomic E-state index is 14.8. The topological polar surface area (TPSA) is 89.1 Å². The number of anilines is 2. The summed E-state index contributed by atoms with van der Waals surface area (Å²) >= 11 is 1.91. The molecule has 8 nitrogen and oxygen atoms in total. The van der Waals surface area contributed by atoms with Crippen molar-refractivity contribution in [2.24, 2.45) is 0 Å². The third-order valence-corrected chi connectivity index (χ3v) is 6.12. The molecule has 12 heteroatoms. The van der Waals surface area contributed by atoms with Crippen LogP contribution in [0.2, 0.25) is 0 Å². The third-order valence-electron chi connectivity index (χ3n) is 5.45. The van der Waals surface area contributed by atoms with Crippen molar-refractivity contribution >= 4 is 46.0 Å². The molecule has 2 N–H and O–H groups in total. The molecule has 0 unspecified atom stereocenters. The van der Waals surface area contributed by atoms with Crippen LogP contribution in [0.15, 0.2) is 60.7 Å². The average Bonchev–Trinajstić information content (AvgIpc) is 2.90. The molecule has 3 aromatic carbocycles. The number of carbonyl (C=O) groups is 2. The van der Waals surface area contributed by atoms with Gasteiger partial charge in [0.1, 0.15) is 17.5 Å². The predicted octanol–water partition coefficient (Wildman–Crippen LogP) is 6.57. The second-order valence-electron chi connectivity index (χ2n) is 10.1. The van der Waals surface area contributed by atoms with E-state index in [1.54, 1.807) is 26.8 Å². The Balaban J connectivity index is 1.75. The first kappa shape index (κ1) is 32.2. The van der Waals surface area contributed by atoms with Crippen molar-refractivity contribution in [3.8, 4) is 0 Å². The molecule has 0 heterocycles. The van der Waals surface area contributed by atoms with Gasteiger partial charge < -0.3 is 19.7 Å². The number of carbonyl (C=O) groups excluding carboxylic acids is 2. The summed E-state index contributed by atoms with van der Waals surface area (Å²) in [5.41, 5.74) is 1.31. The number of nitrogens with one attached hydrogen (secondary N) is 2.